The Hall–Kier alpha value is -2.33. The Morgan fingerprint density at radius 1 is 1.22 bits per heavy atom. The van der Waals surface area contributed by atoms with E-state index in [1.807, 2.05) is 12.1 Å². The molecule has 0 unspecified atom stereocenters. The number of hydrogen-bond acceptors (Lipinski definition) is 3. The molecule has 1 heterocycles. The monoisotopic (exact) mass is 329 g/mol. The van der Waals surface area contributed by atoms with E-state index < -0.39 is 0 Å². The topological polar surface area (TPSA) is 46.6 Å². The maximum Gasteiger partial charge on any atom is 0.231 e. The Kier molecular flexibility index (Phi) is 4.35. The molecule has 2 aromatic rings. The van der Waals surface area contributed by atoms with Crippen molar-refractivity contribution >= 4 is 29.0 Å². The van der Waals surface area contributed by atoms with Gasteiger partial charge in [-0.3, -0.25) is 9.59 Å². The summed E-state index contributed by atoms with van der Waals surface area (Å²) in [5, 5.41) is 0.608. The zero-order valence-corrected chi connectivity index (χ0v) is 13.5. The number of anilines is 1. The van der Waals surface area contributed by atoms with Crippen LogP contribution < -0.4 is 9.64 Å². The summed E-state index contributed by atoms with van der Waals surface area (Å²) in [6, 6.07) is 12.4. The number of ketones is 1. The number of amides is 1. The molecule has 0 radical (unpaired) electrons. The van der Waals surface area contributed by atoms with Gasteiger partial charge in [0.05, 0.1) is 18.7 Å². The van der Waals surface area contributed by atoms with E-state index in [4.69, 9.17) is 16.3 Å². The fraction of sp³-hybridized carbons (Fsp3) is 0.222. The van der Waals surface area contributed by atoms with Gasteiger partial charge in [-0.15, -0.1) is 0 Å². The average molecular weight is 330 g/mol. The van der Waals surface area contributed by atoms with E-state index in [9.17, 15) is 9.59 Å². The molecule has 0 saturated heterocycles. The maximum absolute atomic E-state index is 12.7. The molecule has 1 amide bonds. The molecule has 118 valence electrons. The van der Waals surface area contributed by atoms with E-state index in [0.29, 0.717) is 35.2 Å². The fourth-order valence-corrected chi connectivity index (χ4v) is 2.83. The largest absolute Gasteiger partial charge is 0.490 e. The average Bonchev–Trinajstić information content (AvgIpc) is 2.53. The van der Waals surface area contributed by atoms with Crippen LogP contribution in [0.3, 0.4) is 0 Å². The van der Waals surface area contributed by atoms with Crippen molar-refractivity contribution in [2.75, 3.05) is 18.1 Å². The minimum Gasteiger partial charge on any atom is -0.490 e. The van der Waals surface area contributed by atoms with E-state index in [-0.39, 0.29) is 18.1 Å². The Morgan fingerprint density at radius 3 is 2.78 bits per heavy atom. The molecular formula is C18H16ClNO3. The third-order valence-electron chi connectivity index (χ3n) is 3.77. The summed E-state index contributed by atoms with van der Waals surface area (Å²) in [7, 11) is 0. The predicted molar refractivity (Wildman–Crippen MR) is 89.5 cm³/mol. The quantitative estimate of drug-likeness (QED) is 0.809. The molecule has 2 aromatic carbocycles. The highest BCUT2D eigenvalue weighted by atomic mass is 35.5. The van der Waals surface area contributed by atoms with Crippen LogP contribution in [0, 0.1) is 0 Å². The number of ether oxygens (including phenoxy) is 1. The van der Waals surface area contributed by atoms with Gasteiger partial charge in [0.25, 0.3) is 0 Å². The first-order valence-corrected chi connectivity index (χ1v) is 7.75. The van der Waals surface area contributed by atoms with Gasteiger partial charge in [-0.2, -0.15) is 0 Å². The van der Waals surface area contributed by atoms with Gasteiger partial charge in [0.1, 0.15) is 12.4 Å². The number of rotatable bonds is 3. The Balaban J connectivity index is 1.88. The van der Waals surface area contributed by atoms with Gasteiger partial charge in [0.2, 0.25) is 5.91 Å². The fourth-order valence-electron chi connectivity index (χ4n) is 2.61. The summed E-state index contributed by atoms with van der Waals surface area (Å²) in [4.78, 5) is 25.9. The molecule has 4 nitrogen and oxygen atoms in total. The van der Waals surface area contributed by atoms with Gasteiger partial charge in [0, 0.05) is 10.6 Å². The van der Waals surface area contributed by atoms with E-state index in [0.717, 1.165) is 5.56 Å². The second kappa shape index (κ2) is 6.42. The third-order valence-corrected chi connectivity index (χ3v) is 4.01. The maximum atomic E-state index is 12.7. The highest BCUT2D eigenvalue weighted by Gasteiger charge is 2.24. The molecule has 0 saturated carbocycles. The lowest BCUT2D eigenvalue weighted by molar-refractivity contribution is -0.118. The number of fused-ring (bicyclic) bond motifs is 1. The molecule has 0 fully saturated rings. The van der Waals surface area contributed by atoms with Crippen LogP contribution in [0.4, 0.5) is 5.69 Å². The summed E-state index contributed by atoms with van der Waals surface area (Å²) < 4.78 is 5.58. The van der Waals surface area contributed by atoms with Crippen LogP contribution >= 0.6 is 11.6 Å². The smallest absolute Gasteiger partial charge is 0.231 e. The molecule has 0 spiro atoms. The number of nitrogens with zero attached hydrogens (tertiary/aromatic N) is 1. The zero-order valence-electron chi connectivity index (χ0n) is 12.7. The van der Waals surface area contributed by atoms with Crippen LogP contribution in [-0.4, -0.2) is 24.8 Å². The summed E-state index contributed by atoms with van der Waals surface area (Å²) >= 11 is 5.97. The minimum absolute atomic E-state index is 0.0411. The number of carbonyl (C=O) groups excluding carboxylic acids is 2. The molecule has 0 aromatic heterocycles. The number of carbonyl (C=O) groups is 2. The van der Waals surface area contributed by atoms with Crippen LogP contribution in [-0.2, 0) is 11.2 Å². The third kappa shape index (κ3) is 3.37. The summed E-state index contributed by atoms with van der Waals surface area (Å²) in [6.45, 7) is 2.41. The molecule has 0 N–H and O–H groups in total. The zero-order chi connectivity index (χ0) is 16.4. The van der Waals surface area contributed by atoms with Gasteiger partial charge in [-0.25, -0.2) is 0 Å². The van der Waals surface area contributed by atoms with E-state index in [1.54, 1.807) is 35.2 Å². The molecular weight excluding hydrogens is 314 g/mol. The lowest BCUT2D eigenvalue weighted by Gasteiger charge is -2.30. The first kappa shape index (κ1) is 15.6. The lowest BCUT2D eigenvalue weighted by atomic mass is 10.1. The van der Waals surface area contributed by atoms with Crippen molar-refractivity contribution in [1.29, 1.82) is 0 Å². The van der Waals surface area contributed by atoms with Crippen molar-refractivity contribution in [1.82, 2.24) is 0 Å². The van der Waals surface area contributed by atoms with Crippen LogP contribution in [0.1, 0.15) is 22.8 Å². The van der Waals surface area contributed by atoms with Crippen LogP contribution in [0.5, 0.6) is 5.75 Å². The number of Topliss-reactive ketones (excluding diaryl/α,β-unsaturated/α-hetero) is 1. The molecule has 0 aliphatic carbocycles. The van der Waals surface area contributed by atoms with Gasteiger partial charge in [-0.05, 0) is 42.8 Å². The highest BCUT2D eigenvalue weighted by Crippen LogP contribution is 2.33. The highest BCUT2D eigenvalue weighted by molar-refractivity contribution is 6.30. The first-order valence-electron chi connectivity index (χ1n) is 7.37. The van der Waals surface area contributed by atoms with Crippen molar-refractivity contribution in [3.63, 3.8) is 0 Å². The second-order valence-electron chi connectivity index (χ2n) is 5.44. The Labute approximate surface area is 139 Å². The second-order valence-corrected chi connectivity index (χ2v) is 5.88. The summed E-state index contributed by atoms with van der Waals surface area (Å²) in [5.41, 5.74) is 2.07. The van der Waals surface area contributed by atoms with E-state index in [1.165, 1.54) is 6.92 Å². The van der Waals surface area contributed by atoms with Gasteiger partial charge in [-0.1, -0.05) is 23.7 Å². The Bertz CT molecular complexity index is 773. The van der Waals surface area contributed by atoms with Crippen molar-refractivity contribution in [2.24, 2.45) is 0 Å². The molecule has 1 aliphatic heterocycles. The van der Waals surface area contributed by atoms with Crippen LogP contribution in [0.15, 0.2) is 42.5 Å². The van der Waals surface area contributed by atoms with Crippen molar-refractivity contribution < 1.29 is 14.3 Å². The van der Waals surface area contributed by atoms with E-state index in [2.05, 4.69) is 0 Å². The SMILES string of the molecule is CC(=O)c1ccc2c(c1)N(C(=O)Cc1cccc(Cl)c1)CCO2. The number of halogens is 1. The van der Waals surface area contributed by atoms with Crippen molar-refractivity contribution in [2.45, 2.75) is 13.3 Å². The minimum atomic E-state index is -0.0440. The standard InChI is InChI=1S/C18H16ClNO3/c1-12(21)14-5-6-17-16(11-14)20(7-8-23-17)18(22)10-13-3-2-4-15(19)9-13/h2-6,9,11H,7-8,10H2,1H3. The number of benzene rings is 2. The predicted octanol–water partition coefficient (Wildman–Crippen LogP) is 3.51. The molecule has 1 aliphatic rings. The van der Waals surface area contributed by atoms with Gasteiger partial charge >= 0.3 is 0 Å². The molecule has 0 bridgehead atoms. The molecule has 0 atom stereocenters. The molecule has 5 heteroatoms. The van der Waals surface area contributed by atoms with Crippen LogP contribution in [0.2, 0.25) is 5.02 Å². The van der Waals surface area contributed by atoms with Crippen molar-refractivity contribution in [3.05, 3.63) is 58.6 Å². The Morgan fingerprint density at radius 2 is 2.04 bits per heavy atom. The van der Waals surface area contributed by atoms with Gasteiger partial charge < -0.3 is 9.64 Å². The van der Waals surface area contributed by atoms with Crippen LogP contribution in [0.25, 0.3) is 0 Å². The van der Waals surface area contributed by atoms with Gasteiger partial charge in [0.15, 0.2) is 5.78 Å². The number of hydrogen-bond donors (Lipinski definition) is 0. The lowest BCUT2D eigenvalue weighted by Crippen LogP contribution is -2.39. The van der Waals surface area contributed by atoms with Crippen molar-refractivity contribution in [3.8, 4) is 5.75 Å². The normalized spacial score (nSPS) is 13.2. The van der Waals surface area contributed by atoms with E-state index >= 15 is 0 Å². The summed E-state index contributed by atoms with van der Waals surface area (Å²) in [5.74, 6) is 0.541. The first-order chi connectivity index (χ1) is 11.0. The summed E-state index contributed by atoms with van der Waals surface area (Å²) in [6.07, 6.45) is 0.254. The molecule has 3 rings (SSSR count). The molecule has 23 heavy (non-hydrogen) atoms.